The number of amides is 1. The summed E-state index contributed by atoms with van der Waals surface area (Å²) in [4.78, 5) is 12.1. The number of rotatable bonds is 3. The number of carbonyl (C=O) groups is 1. The quantitative estimate of drug-likeness (QED) is 0.875. The van der Waals surface area contributed by atoms with Gasteiger partial charge in [-0.05, 0) is 53.2 Å². The van der Waals surface area contributed by atoms with Crippen LogP contribution in [0.5, 0.6) is 0 Å². The predicted octanol–water partition coefficient (Wildman–Crippen LogP) is 3.53. The molecule has 110 valence electrons. The van der Waals surface area contributed by atoms with E-state index in [1.807, 2.05) is 11.6 Å². The average molecular weight is 389 g/mol. The minimum atomic E-state index is -3.90. The topological polar surface area (TPSA) is 63.2 Å². The van der Waals surface area contributed by atoms with E-state index < -0.39 is 15.9 Å². The van der Waals surface area contributed by atoms with Crippen LogP contribution in [0.2, 0.25) is 5.02 Å². The van der Waals surface area contributed by atoms with E-state index in [2.05, 4.69) is 15.9 Å². The van der Waals surface area contributed by atoms with Crippen molar-refractivity contribution < 1.29 is 13.2 Å². The molecule has 0 bridgehead atoms. The van der Waals surface area contributed by atoms with Gasteiger partial charge in [-0.15, -0.1) is 0 Å². The van der Waals surface area contributed by atoms with Crippen LogP contribution < -0.4 is 4.72 Å². The Kier molecular flexibility index (Phi) is 4.70. The molecule has 0 aliphatic rings. The van der Waals surface area contributed by atoms with Gasteiger partial charge in [-0.3, -0.25) is 4.79 Å². The Bertz CT molecular complexity index is 788. The van der Waals surface area contributed by atoms with Gasteiger partial charge in [-0.2, -0.15) is 0 Å². The monoisotopic (exact) mass is 387 g/mol. The fourth-order valence-corrected chi connectivity index (χ4v) is 3.46. The van der Waals surface area contributed by atoms with Gasteiger partial charge in [0.15, 0.2) is 0 Å². The number of nitrogens with one attached hydrogen (secondary N) is 1. The molecule has 2 rings (SSSR count). The van der Waals surface area contributed by atoms with Gasteiger partial charge in [0.05, 0.1) is 10.5 Å². The van der Waals surface area contributed by atoms with Gasteiger partial charge in [0.25, 0.3) is 15.9 Å². The number of hydrogen-bond donors (Lipinski definition) is 1. The number of aryl methyl sites for hydroxylation is 1. The third-order valence-electron chi connectivity index (χ3n) is 2.73. The van der Waals surface area contributed by atoms with Crippen LogP contribution >= 0.6 is 27.5 Å². The van der Waals surface area contributed by atoms with Crippen LogP contribution in [-0.4, -0.2) is 14.3 Å². The third kappa shape index (κ3) is 3.84. The summed E-state index contributed by atoms with van der Waals surface area (Å²) in [5.74, 6) is -0.723. The highest BCUT2D eigenvalue weighted by Gasteiger charge is 2.20. The summed E-state index contributed by atoms with van der Waals surface area (Å²) in [5.41, 5.74) is 1.12. The maximum absolute atomic E-state index is 12.1. The van der Waals surface area contributed by atoms with Crippen LogP contribution in [0, 0.1) is 6.92 Å². The Morgan fingerprint density at radius 2 is 1.76 bits per heavy atom. The first-order valence-electron chi connectivity index (χ1n) is 5.88. The van der Waals surface area contributed by atoms with E-state index in [1.165, 1.54) is 30.3 Å². The highest BCUT2D eigenvalue weighted by molar-refractivity contribution is 9.10. The van der Waals surface area contributed by atoms with Crippen LogP contribution in [0.3, 0.4) is 0 Å². The zero-order chi connectivity index (χ0) is 15.6. The Hall–Kier alpha value is -1.37. The van der Waals surface area contributed by atoms with Crippen LogP contribution in [0.1, 0.15) is 15.9 Å². The standard InChI is InChI=1S/C14H11BrClNO3S/c1-9-2-5-11(6-3-9)21(19,20)17-14(18)12-7-4-10(16)8-13(12)15/h2-8H,1H3,(H,17,18). The Balaban J connectivity index is 2.28. The Labute approximate surface area is 136 Å². The summed E-state index contributed by atoms with van der Waals surface area (Å²) >= 11 is 8.97. The van der Waals surface area contributed by atoms with E-state index in [-0.39, 0.29) is 10.5 Å². The van der Waals surface area contributed by atoms with E-state index in [9.17, 15) is 13.2 Å². The zero-order valence-electron chi connectivity index (χ0n) is 10.9. The lowest BCUT2D eigenvalue weighted by atomic mass is 10.2. The molecule has 0 radical (unpaired) electrons. The average Bonchev–Trinajstić information content (AvgIpc) is 2.38. The molecule has 4 nitrogen and oxygen atoms in total. The van der Waals surface area contributed by atoms with Crippen molar-refractivity contribution in [2.24, 2.45) is 0 Å². The molecular weight excluding hydrogens is 378 g/mol. The summed E-state index contributed by atoms with van der Waals surface area (Å²) in [6.45, 7) is 1.85. The van der Waals surface area contributed by atoms with E-state index in [4.69, 9.17) is 11.6 Å². The van der Waals surface area contributed by atoms with E-state index in [1.54, 1.807) is 12.1 Å². The van der Waals surface area contributed by atoms with Crippen LogP contribution in [0.15, 0.2) is 51.8 Å². The van der Waals surface area contributed by atoms with Gasteiger partial charge in [-0.1, -0.05) is 29.3 Å². The summed E-state index contributed by atoms with van der Waals surface area (Å²) in [6.07, 6.45) is 0. The second-order valence-corrected chi connectivity index (χ2v) is 7.35. The molecule has 0 saturated heterocycles. The predicted molar refractivity (Wildman–Crippen MR) is 85.0 cm³/mol. The minimum absolute atomic E-state index is 0.0338. The molecule has 0 spiro atoms. The van der Waals surface area contributed by atoms with Crippen LogP contribution in [0.25, 0.3) is 0 Å². The first kappa shape index (κ1) is 16.0. The molecule has 21 heavy (non-hydrogen) atoms. The largest absolute Gasteiger partial charge is 0.268 e. The fraction of sp³-hybridized carbons (Fsp3) is 0.0714. The summed E-state index contributed by atoms with van der Waals surface area (Å²) < 4.78 is 26.7. The van der Waals surface area contributed by atoms with Crippen LogP contribution in [-0.2, 0) is 10.0 Å². The van der Waals surface area contributed by atoms with Gasteiger partial charge in [0, 0.05) is 9.50 Å². The maximum atomic E-state index is 12.1. The molecule has 1 amide bonds. The SMILES string of the molecule is Cc1ccc(S(=O)(=O)NC(=O)c2ccc(Cl)cc2Br)cc1. The number of halogens is 2. The molecule has 0 atom stereocenters. The zero-order valence-corrected chi connectivity index (χ0v) is 14.1. The lowest BCUT2D eigenvalue weighted by Crippen LogP contribution is -2.30. The first-order valence-corrected chi connectivity index (χ1v) is 8.54. The molecule has 0 saturated carbocycles. The molecule has 7 heteroatoms. The molecule has 2 aromatic rings. The lowest BCUT2D eigenvalue weighted by molar-refractivity contribution is 0.0980. The van der Waals surface area contributed by atoms with Crippen molar-refractivity contribution in [1.29, 1.82) is 0 Å². The van der Waals surface area contributed by atoms with Crippen molar-refractivity contribution in [2.75, 3.05) is 0 Å². The van der Waals surface area contributed by atoms with E-state index in [0.29, 0.717) is 9.50 Å². The Morgan fingerprint density at radius 1 is 1.14 bits per heavy atom. The molecule has 0 unspecified atom stereocenters. The highest BCUT2D eigenvalue weighted by Crippen LogP contribution is 2.22. The number of carbonyl (C=O) groups excluding carboxylic acids is 1. The van der Waals surface area contributed by atoms with Crippen molar-refractivity contribution in [3.8, 4) is 0 Å². The summed E-state index contributed by atoms with van der Waals surface area (Å²) in [7, 11) is -3.90. The van der Waals surface area contributed by atoms with Crippen molar-refractivity contribution in [1.82, 2.24) is 4.72 Å². The molecule has 2 aromatic carbocycles. The van der Waals surface area contributed by atoms with Gasteiger partial charge in [0.1, 0.15) is 0 Å². The molecular formula is C14H11BrClNO3S. The molecule has 0 fully saturated rings. The van der Waals surface area contributed by atoms with Crippen molar-refractivity contribution >= 4 is 43.5 Å². The molecule has 0 heterocycles. The Morgan fingerprint density at radius 3 is 2.33 bits per heavy atom. The maximum Gasteiger partial charge on any atom is 0.266 e. The lowest BCUT2D eigenvalue weighted by Gasteiger charge is -2.08. The van der Waals surface area contributed by atoms with Gasteiger partial charge in [-0.25, -0.2) is 13.1 Å². The third-order valence-corrected chi connectivity index (χ3v) is 4.97. The number of hydrogen-bond acceptors (Lipinski definition) is 3. The normalized spacial score (nSPS) is 11.2. The van der Waals surface area contributed by atoms with Gasteiger partial charge in [0.2, 0.25) is 0 Å². The molecule has 1 N–H and O–H groups in total. The summed E-state index contributed by atoms with van der Waals surface area (Å²) in [6, 6.07) is 10.7. The number of benzene rings is 2. The second-order valence-electron chi connectivity index (χ2n) is 4.37. The van der Waals surface area contributed by atoms with E-state index >= 15 is 0 Å². The van der Waals surface area contributed by atoms with E-state index in [0.717, 1.165) is 5.56 Å². The molecule has 0 aliphatic carbocycles. The molecule has 0 aliphatic heterocycles. The van der Waals surface area contributed by atoms with Crippen molar-refractivity contribution in [2.45, 2.75) is 11.8 Å². The van der Waals surface area contributed by atoms with Gasteiger partial charge < -0.3 is 0 Å². The number of sulfonamides is 1. The fourth-order valence-electron chi connectivity index (χ4n) is 1.63. The molecule has 0 aromatic heterocycles. The van der Waals surface area contributed by atoms with Crippen LogP contribution in [0.4, 0.5) is 0 Å². The highest BCUT2D eigenvalue weighted by atomic mass is 79.9. The van der Waals surface area contributed by atoms with Crippen molar-refractivity contribution in [3.05, 3.63) is 63.1 Å². The van der Waals surface area contributed by atoms with Crippen molar-refractivity contribution in [3.63, 3.8) is 0 Å². The van der Waals surface area contributed by atoms with Gasteiger partial charge >= 0.3 is 0 Å². The smallest absolute Gasteiger partial charge is 0.266 e. The summed E-state index contributed by atoms with van der Waals surface area (Å²) in [5, 5.41) is 0.444. The first-order chi connectivity index (χ1) is 9.79. The second kappa shape index (κ2) is 6.17. The minimum Gasteiger partial charge on any atom is -0.268 e.